The third-order valence-electron chi connectivity index (χ3n) is 2.82. The summed E-state index contributed by atoms with van der Waals surface area (Å²) in [5.74, 6) is -0.249. The van der Waals surface area contributed by atoms with Crippen LogP contribution >= 0.6 is 15.9 Å². The zero-order chi connectivity index (χ0) is 13.8. The van der Waals surface area contributed by atoms with E-state index in [1.165, 1.54) is 12.1 Å². The predicted molar refractivity (Wildman–Crippen MR) is 77.4 cm³/mol. The fourth-order valence-electron chi connectivity index (χ4n) is 1.94. The molecule has 2 aromatic carbocycles. The summed E-state index contributed by atoms with van der Waals surface area (Å²) in [6, 6.07) is 14.2. The van der Waals surface area contributed by atoms with Gasteiger partial charge in [0.15, 0.2) is 0 Å². The molecular formula is C15H12BrFN2. The minimum absolute atomic E-state index is 0.249. The minimum Gasteiger partial charge on any atom is -0.369 e. The van der Waals surface area contributed by atoms with Gasteiger partial charge in [0.2, 0.25) is 0 Å². The van der Waals surface area contributed by atoms with Crippen LogP contribution < -0.4 is 4.90 Å². The van der Waals surface area contributed by atoms with Crippen molar-refractivity contribution in [2.45, 2.75) is 6.54 Å². The fraction of sp³-hybridized carbons (Fsp3) is 0.133. The van der Waals surface area contributed by atoms with E-state index in [4.69, 9.17) is 0 Å². The molecule has 0 fully saturated rings. The molecule has 0 saturated carbocycles. The summed E-state index contributed by atoms with van der Waals surface area (Å²) in [7, 11) is 1.88. The van der Waals surface area contributed by atoms with Crippen LogP contribution in [0.2, 0.25) is 0 Å². The van der Waals surface area contributed by atoms with Gasteiger partial charge >= 0.3 is 0 Å². The summed E-state index contributed by atoms with van der Waals surface area (Å²) in [4.78, 5) is 1.93. The van der Waals surface area contributed by atoms with E-state index in [-0.39, 0.29) is 5.82 Å². The zero-order valence-electron chi connectivity index (χ0n) is 10.4. The topological polar surface area (TPSA) is 27.0 Å². The highest BCUT2D eigenvalue weighted by Gasteiger charge is 2.10. The number of nitrogens with zero attached hydrogens (tertiary/aromatic N) is 2. The quantitative estimate of drug-likeness (QED) is 0.852. The largest absolute Gasteiger partial charge is 0.369 e. The van der Waals surface area contributed by atoms with Crippen LogP contribution in [-0.2, 0) is 6.54 Å². The Balaban J connectivity index is 2.28. The van der Waals surface area contributed by atoms with Crippen molar-refractivity contribution in [1.82, 2.24) is 0 Å². The maximum Gasteiger partial charge on any atom is 0.123 e. The van der Waals surface area contributed by atoms with Crippen molar-refractivity contribution < 1.29 is 4.39 Å². The summed E-state index contributed by atoms with van der Waals surface area (Å²) in [5, 5.41) is 9.19. The smallest absolute Gasteiger partial charge is 0.123 e. The highest BCUT2D eigenvalue weighted by molar-refractivity contribution is 9.10. The summed E-state index contributed by atoms with van der Waals surface area (Å²) in [6.07, 6.45) is 0. The molecule has 0 N–H and O–H groups in total. The van der Waals surface area contributed by atoms with Gasteiger partial charge < -0.3 is 4.90 Å². The van der Waals surface area contributed by atoms with E-state index in [9.17, 15) is 9.65 Å². The number of benzene rings is 2. The molecule has 0 aliphatic carbocycles. The van der Waals surface area contributed by atoms with Gasteiger partial charge in [-0.1, -0.05) is 18.2 Å². The maximum atomic E-state index is 13.2. The van der Waals surface area contributed by atoms with Crippen LogP contribution in [0.15, 0.2) is 46.9 Å². The molecule has 0 spiro atoms. The normalized spacial score (nSPS) is 10.0. The fourth-order valence-corrected chi connectivity index (χ4v) is 2.38. The van der Waals surface area contributed by atoms with Crippen molar-refractivity contribution in [3.8, 4) is 6.07 Å². The van der Waals surface area contributed by atoms with Gasteiger partial charge in [-0.25, -0.2) is 4.39 Å². The highest BCUT2D eigenvalue weighted by atomic mass is 79.9. The first-order chi connectivity index (χ1) is 9.11. The minimum atomic E-state index is -0.249. The molecule has 0 unspecified atom stereocenters. The van der Waals surface area contributed by atoms with Gasteiger partial charge in [-0.3, -0.25) is 0 Å². The third-order valence-corrected chi connectivity index (χ3v) is 3.48. The molecule has 19 heavy (non-hydrogen) atoms. The monoisotopic (exact) mass is 318 g/mol. The Morgan fingerprint density at radius 2 is 2.00 bits per heavy atom. The van der Waals surface area contributed by atoms with Gasteiger partial charge in [0.25, 0.3) is 0 Å². The van der Waals surface area contributed by atoms with Crippen LogP contribution in [0.3, 0.4) is 0 Å². The molecule has 0 heterocycles. The number of rotatable bonds is 3. The molecule has 0 radical (unpaired) electrons. The summed E-state index contributed by atoms with van der Waals surface area (Å²) in [6.45, 7) is 0.545. The SMILES string of the molecule is CN(Cc1cccc(F)c1)c1cccc(Br)c1C#N. The predicted octanol–water partition coefficient (Wildman–Crippen LogP) is 4.10. The molecule has 4 heteroatoms. The van der Waals surface area contributed by atoms with Gasteiger partial charge in [-0.15, -0.1) is 0 Å². The number of nitriles is 1. The second kappa shape index (κ2) is 5.85. The second-order valence-corrected chi connectivity index (χ2v) is 5.09. The molecule has 0 aliphatic rings. The van der Waals surface area contributed by atoms with E-state index in [2.05, 4.69) is 22.0 Å². The molecule has 96 valence electrons. The first-order valence-electron chi connectivity index (χ1n) is 5.76. The summed E-state index contributed by atoms with van der Waals surface area (Å²) in [5.41, 5.74) is 2.27. The molecule has 2 aromatic rings. The van der Waals surface area contributed by atoms with E-state index in [0.717, 1.165) is 15.7 Å². The Bertz CT molecular complexity index is 634. The third kappa shape index (κ3) is 3.12. The van der Waals surface area contributed by atoms with Gasteiger partial charge in [0.05, 0.1) is 11.3 Å². The van der Waals surface area contributed by atoms with Crippen LogP contribution in [0.5, 0.6) is 0 Å². The molecule has 0 saturated heterocycles. The first-order valence-corrected chi connectivity index (χ1v) is 6.55. The lowest BCUT2D eigenvalue weighted by Gasteiger charge is -2.21. The molecule has 0 aromatic heterocycles. The van der Waals surface area contributed by atoms with E-state index in [0.29, 0.717) is 12.1 Å². The second-order valence-electron chi connectivity index (χ2n) is 4.23. The zero-order valence-corrected chi connectivity index (χ0v) is 12.0. The Kier molecular flexibility index (Phi) is 4.18. The van der Waals surface area contributed by atoms with Crippen LogP contribution in [0.1, 0.15) is 11.1 Å². The lowest BCUT2D eigenvalue weighted by Crippen LogP contribution is -2.17. The van der Waals surface area contributed by atoms with E-state index in [1.54, 1.807) is 6.07 Å². The molecule has 2 nitrogen and oxygen atoms in total. The Labute approximate surface area is 120 Å². The number of hydrogen-bond acceptors (Lipinski definition) is 2. The summed E-state index contributed by atoms with van der Waals surface area (Å²) >= 11 is 3.36. The number of hydrogen-bond donors (Lipinski definition) is 0. The van der Waals surface area contributed by atoms with Crippen molar-refractivity contribution >= 4 is 21.6 Å². The number of halogens is 2. The molecular weight excluding hydrogens is 307 g/mol. The molecule has 0 aliphatic heterocycles. The van der Waals surface area contributed by atoms with Gasteiger partial charge in [0, 0.05) is 18.1 Å². The molecule has 0 atom stereocenters. The lowest BCUT2D eigenvalue weighted by atomic mass is 10.1. The Hall–Kier alpha value is -1.86. The van der Waals surface area contributed by atoms with Crippen LogP contribution in [0.25, 0.3) is 0 Å². The van der Waals surface area contributed by atoms with Crippen molar-refractivity contribution in [3.63, 3.8) is 0 Å². The Morgan fingerprint density at radius 3 is 2.68 bits per heavy atom. The highest BCUT2D eigenvalue weighted by Crippen LogP contribution is 2.27. The molecule has 2 rings (SSSR count). The van der Waals surface area contributed by atoms with Gasteiger partial charge in [0.1, 0.15) is 11.9 Å². The Morgan fingerprint density at radius 1 is 1.26 bits per heavy atom. The van der Waals surface area contributed by atoms with Crippen molar-refractivity contribution in [1.29, 1.82) is 5.26 Å². The maximum absolute atomic E-state index is 13.2. The van der Waals surface area contributed by atoms with Crippen LogP contribution in [0, 0.1) is 17.1 Å². The van der Waals surface area contributed by atoms with Gasteiger partial charge in [-0.05, 0) is 45.8 Å². The standard InChI is InChI=1S/C15H12BrFN2/c1-19(10-11-4-2-5-12(17)8-11)15-7-3-6-14(16)13(15)9-18/h2-8H,10H2,1H3. The average Bonchev–Trinajstić information content (AvgIpc) is 2.38. The molecule has 0 bridgehead atoms. The van der Waals surface area contributed by atoms with Gasteiger partial charge in [-0.2, -0.15) is 5.26 Å². The average molecular weight is 319 g/mol. The van der Waals surface area contributed by atoms with E-state index in [1.807, 2.05) is 36.2 Å². The van der Waals surface area contributed by atoms with Crippen molar-refractivity contribution in [3.05, 3.63) is 63.9 Å². The van der Waals surface area contributed by atoms with Crippen LogP contribution in [0.4, 0.5) is 10.1 Å². The van der Waals surface area contributed by atoms with Crippen LogP contribution in [-0.4, -0.2) is 7.05 Å². The van der Waals surface area contributed by atoms with E-state index >= 15 is 0 Å². The lowest BCUT2D eigenvalue weighted by molar-refractivity contribution is 0.625. The summed E-state index contributed by atoms with van der Waals surface area (Å²) < 4.78 is 13.9. The number of anilines is 1. The van der Waals surface area contributed by atoms with E-state index < -0.39 is 0 Å². The van der Waals surface area contributed by atoms with Crippen molar-refractivity contribution in [2.24, 2.45) is 0 Å². The first kappa shape index (κ1) is 13.6. The van der Waals surface area contributed by atoms with Crippen molar-refractivity contribution in [2.75, 3.05) is 11.9 Å². The molecule has 0 amide bonds.